The van der Waals surface area contributed by atoms with Gasteiger partial charge < -0.3 is 9.15 Å². The maximum Gasteiger partial charge on any atom is 0.302 e. The summed E-state index contributed by atoms with van der Waals surface area (Å²) in [7, 11) is 1.56. The second-order valence-electron chi connectivity index (χ2n) is 5.40. The fraction of sp³-hybridized carbons (Fsp3) is 0.0526. The number of anilines is 1. The van der Waals surface area contributed by atoms with Gasteiger partial charge in [0, 0.05) is 5.56 Å². The van der Waals surface area contributed by atoms with E-state index in [1.807, 2.05) is 23.6 Å². The van der Waals surface area contributed by atoms with Crippen molar-refractivity contribution in [2.24, 2.45) is 0 Å². The summed E-state index contributed by atoms with van der Waals surface area (Å²) in [6, 6.07) is 14.9. The molecule has 2 heterocycles. The number of carbonyl (C=O) groups excluding carboxylic acids is 1. The molecule has 0 unspecified atom stereocenters. The average Bonchev–Trinajstić information content (AvgIpc) is 3.30. The molecule has 1 N–H and O–H groups in total. The van der Waals surface area contributed by atoms with Crippen molar-refractivity contribution in [2.45, 2.75) is 0 Å². The standard InChI is InChI=1S/C19H14N2O3S/c1-23-15-4-2-3-13(9-15)18(22)21-19-20-16-10-12(5-6-17(16)24-19)14-7-8-25-11-14/h2-11H,1H3,(H,20,21,22). The number of thiophene rings is 1. The van der Waals surface area contributed by atoms with Crippen LogP contribution < -0.4 is 10.1 Å². The minimum Gasteiger partial charge on any atom is -0.497 e. The van der Waals surface area contributed by atoms with Crippen molar-refractivity contribution >= 4 is 34.4 Å². The van der Waals surface area contributed by atoms with Gasteiger partial charge >= 0.3 is 6.01 Å². The number of hydrogen-bond acceptors (Lipinski definition) is 5. The summed E-state index contributed by atoms with van der Waals surface area (Å²) in [5, 5.41) is 6.79. The number of carbonyl (C=O) groups is 1. The molecule has 0 spiro atoms. The lowest BCUT2D eigenvalue weighted by atomic mass is 10.1. The summed E-state index contributed by atoms with van der Waals surface area (Å²) in [5.74, 6) is 0.314. The molecule has 6 heteroatoms. The van der Waals surface area contributed by atoms with Crippen LogP contribution in [0.3, 0.4) is 0 Å². The van der Waals surface area contributed by atoms with E-state index >= 15 is 0 Å². The number of aromatic nitrogens is 1. The molecule has 0 atom stereocenters. The van der Waals surface area contributed by atoms with E-state index in [4.69, 9.17) is 9.15 Å². The highest BCUT2D eigenvalue weighted by Crippen LogP contribution is 2.27. The summed E-state index contributed by atoms with van der Waals surface area (Å²) < 4.78 is 10.8. The molecule has 4 aromatic rings. The number of methoxy groups -OCH3 is 1. The van der Waals surface area contributed by atoms with Crippen LogP contribution in [-0.2, 0) is 0 Å². The summed E-state index contributed by atoms with van der Waals surface area (Å²) in [6.07, 6.45) is 0. The average molecular weight is 350 g/mol. The van der Waals surface area contributed by atoms with Gasteiger partial charge in [0.15, 0.2) is 5.58 Å². The third kappa shape index (κ3) is 3.12. The lowest BCUT2D eigenvalue weighted by Crippen LogP contribution is -2.12. The van der Waals surface area contributed by atoms with Crippen LogP contribution in [0.4, 0.5) is 6.01 Å². The Morgan fingerprint density at radius 3 is 2.88 bits per heavy atom. The second-order valence-corrected chi connectivity index (χ2v) is 6.18. The SMILES string of the molecule is COc1cccc(C(=O)Nc2nc3cc(-c4ccsc4)ccc3o2)c1. The van der Waals surface area contributed by atoms with Crippen molar-refractivity contribution in [1.29, 1.82) is 0 Å². The highest BCUT2D eigenvalue weighted by atomic mass is 32.1. The number of hydrogen-bond donors (Lipinski definition) is 1. The Balaban J connectivity index is 1.60. The monoisotopic (exact) mass is 350 g/mol. The number of ether oxygens (including phenoxy) is 1. The molecule has 0 aliphatic rings. The summed E-state index contributed by atoms with van der Waals surface area (Å²) >= 11 is 1.64. The first-order valence-electron chi connectivity index (χ1n) is 7.61. The molecule has 4 rings (SSSR count). The number of fused-ring (bicyclic) bond motifs is 1. The Hall–Kier alpha value is -3.12. The topological polar surface area (TPSA) is 64.4 Å². The Morgan fingerprint density at radius 2 is 2.08 bits per heavy atom. The Morgan fingerprint density at radius 1 is 1.16 bits per heavy atom. The summed E-state index contributed by atoms with van der Waals surface area (Å²) in [4.78, 5) is 16.7. The smallest absolute Gasteiger partial charge is 0.302 e. The van der Waals surface area contributed by atoms with Gasteiger partial charge in [0.25, 0.3) is 5.91 Å². The number of nitrogens with one attached hydrogen (secondary N) is 1. The zero-order valence-electron chi connectivity index (χ0n) is 13.4. The molecule has 2 aromatic carbocycles. The van der Waals surface area contributed by atoms with Gasteiger partial charge in [-0.25, -0.2) is 0 Å². The molecule has 5 nitrogen and oxygen atoms in total. The van der Waals surface area contributed by atoms with E-state index in [-0.39, 0.29) is 11.9 Å². The minimum absolute atomic E-state index is 0.172. The van der Waals surface area contributed by atoms with E-state index in [0.717, 1.165) is 11.1 Å². The van der Waals surface area contributed by atoms with E-state index in [1.165, 1.54) is 0 Å². The maximum absolute atomic E-state index is 12.3. The molecule has 1 amide bonds. The van der Waals surface area contributed by atoms with E-state index in [2.05, 4.69) is 21.7 Å². The van der Waals surface area contributed by atoms with Gasteiger partial charge in [-0.1, -0.05) is 12.1 Å². The van der Waals surface area contributed by atoms with Crippen molar-refractivity contribution in [2.75, 3.05) is 12.4 Å². The van der Waals surface area contributed by atoms with E-state index in [9.17, 15) is 4.79 Å². The molecule has 0 saturated heterocycles. The van der Waals surface area contributed by atoms with Gasteiger partial charge in [-0.05, 0) is 58.3 Å². The van der Waals surface area contributed by atoms with Crippen molar-refractivity contribution in [1.82, 2.24) is 4.98 Å². The first kappa shape index (κ1) is 15.4. The lowest BCUT2D eigenvalue weighted by Gasteiger charge is -2.03. The van der Waals surface area contributed by atoms with Crippen LogP contribution in [0.25, 0.3) is 22.2 Å². The fourth-order valence-corrected chi connectivity index (χ4v) is 3.19. The normalized spacial score (nSPS) is 10.8. The summed E-state index contributed by atoms with van der Waals surface area (Å²) in [5.41, 5.74) is 4.00. The second kappa shape index (κ2) is 6.41. The maximum atomic E-state index is 12.3. The van der Waals surface area contributed by atoms with Gasteiger partial charge in [-0.3, -0.25) is 10.1 Å². The van der Waals surface area contributed by atoms with E-state index in [0.29, 0.717) is 22.4 Å². The lowest BCUT2D eigenvalue weighted by molar-refractivity contribution is 0.102. The zero-order valence-corrected chi connectivity index (χ0v) is 14.2. The molecular formula is C19H14N2O3S. The number of nitrogens with zero attached hydrogens (tertiary/aromatic N) is 1. The number of amides is 1. The van der Waals surface area contributed by atoms with E-state index < -0.39 is 0 Å². The molecule has 2 aromatic heterocycles. The fourth-order valence-electron chi connectivity index (χ4n) is 2.52. The van der Waals surface area contributed by atoms with Crippen LogP contribution in [0.5, 0.6) is 5.75 Å². The molecular weight excluding hydrogens is 336 g/mol. The highest BCUT2D eigenvalue weighted by Gasteiger charge is 2.12. The Kier molecular flexibility index (Phi) is 3.95. The molecule has 124 valence electrons. The van der Waals surface area contributed by atoms with Gasteiger partial charge in [-0.2, -0.15) is 16.3 Å². The van der Waals surface area contributed by atoms with Gasteiger partial charge in [-0.15, -0.1) is 0 Å². The first-order chi connectivity index (χ1) is 12.2. The molecule has 0 aliphatic carbocycles. The van der Waals surface area contributed by atoms with Crippen LogP contribution in [0.2, 0.25) is 0 Å². The minimum atomic E-state index is -0.302. The van der Waals surface area contributed by atoms with Crippen molar-refractivity contribution in [3.63, 3.8) is 0 Å². The van der Waals surface area contributed by atoms with Crippen LogP contribution >= 0.6 is 11.3 Å². The Bertz CT molecular complexity index is 1040. The number of benzene rings is 2. The quantitative estimate of drug-likeness (QED) is 0.573. The molecule has 25 heavy (non-hydrogen) atoms. The van der Waals surface area contributed by atoms with Crippen LogP contribution in [0, 0.1) is 0 Å². The third-order valence-electron chi connectivity index (χ3n) is 3.79. The van der Waals surface area contributed by atoms with Crippen LogP contribution in [-0.4, -0.2) is 18.0 Å². The molecule has 0 radical (unpaired) electrons. The van der Waals surface area contributed by atoms with Crippen LogP contribution in [0.1, 0.15) is 10.4 Å². The van der Waals surface area contributed by atoms with Crippen molar-refractivity contribution in [3.05, 3.63) is 64.9 Å². The number of oxazole rings is 1. The molecule has 0 saturated carbocycles. The Labute approximate surface area is 147 Å². The molecule has 0 bridgehead atoms. The van der Waals surface area contributed by atoms with E-state index in [1.54, 1.807) is 42.7 Å². The van der Waals surface area contributed by atoms with Crippen LogP contribution in [0.15, 0.2) is 63.7 Å². The van der Waals surface area contributed by atoms with Crippen molar-refractivity contribution < 1.29 is 13.9 Å². The molecule has 0 aliphatic heterocycles. The third-order valence-corrected chi connectivity index (χ3v) is 4.48. The van der Waals surface area contributed by atoms with Gasteiger partial charge in [0.1, 0.15) is 11.3 Å². The summed E-state index contributed by atoms with van der Waals surface area (Å²) in [6.45, 7) is 0. The van der Waals surface area contributed by atoms with Crippen molar-refractivity contribution in [3.8, 4) is 16.9 Å². The van der Waals surface area contributed by atoms with Gasteiger partial charge in [0.2, 0.25) is 0 Å². The zero-order chi connectivity index (χ0) is 17.2. The predicted octanol–water partition coefficient (Wildman–Crippen LogP) is 4.82. The van der Waals surface area contributed by atoms with Gasteiger partial charge in [0.05, 0.1) is 7.11 Å². The predicted molar refractivity (Wildman–Crippen MR) is 98.3 cm³/mol. The highest BCUT2D eigenvalue weighted by molar-refractivity contribution is 7.08. The first-order valence-corrected chi connectivity index (χ1v) is 8.56. The largest absolute Gasteiger partial charge is 0.497 e. The number of rotatable bonds is 4. The molecule has 0 fully saturated rings.